The molecular formula is C19H13ClN6O2. The lowest BCUT2D eigenvalue weighted by atomic mass is 10.1. The molecule has 0 aliphatic rings. The number of nitro groups is 1. The van der Waals surface area contributed by atoms with Crippen LogP contribution in [0.2, 0.25) is 5.02 Å². The van der Waals surface area contributed by atoms with Crippen molar-refractivity contribution < 1.29 is 4.92 Å². The minimum Gasteiger partial charge on any atom is -0.334 e. The molecule has 8 nitrogen and oxygen atoms in total. The van der Waals surface area contributed by atoms with E-state index >= 15 is 0 Å². The standard InChI is InChI=1S/C19H13ClN6O2/c20-13-8-9-16(21-10-13)25-19-17(26(27)28)18(22-11-23-19)24-15-7-3-5-12-4-1-2-6-14(12)15/h1-11H,(H2,21,22,23,24,25). The lowest BCUT2D eigenvalue weighted by molar-refractivity contribution is -0.383. The molecule has 2 aromatic heterocycles. The zero-order valence-electron chi connectivity index (χ0n) is 14.3. The highest BCUT2D eigenvalue weighted by Crippen LogP contribution is 2.34. The van der Waals surface area contributed by atoms with E-state index in [0.717, 1.165) is 10.8 Å². The molecule has 0 saturated carbocycles. The molecule has 2 aromatic carbocycles. The molecule has 0 saturated heterocycles. The summed E-state index contributed by atoms with van der Waals surface area (Å²) in [7, 11) is 0. The van der Waals surface area contributed by atoms with Crippen molar-refractivity contribution in [2.75, 3.05) is 10.6 Å². The summed E-state index contributed by atoms with van der Waals surface area (Å²) in [6.45, 7) is 0. The number of halogens is 1. The first-order chi connectivity index (χ1) is 13.6. The van der Waals surface area contributed by atoms with Crippen LogP contribution in [0.3, 0.4) is 0 Å². The van der Waals surface area contributed by atoms with Crippen LogP contribution in [-0.2, 0) is 0 Å². The van der Waals surface area contributed by atoms with Gasteiger partial charge in [0.05, 0.1) is 9.95 Å². The third-order valence-corrected chi connectivity index (χ3v) is 4.24. The normalized spacial score (nSPS) is 10.6. The third kappa shape index (κ3) is 3.53. The lowest BCUT2D eigenvalue weighted by Gasteiger charge is -2.11. The van der Waals surface area contributed by atoms with Crippen LogP contribution >= 0.6 is 11.6 Å². The third-order valence-electron chi connectivity index (χ3n) is 4.02. The van der Waals surface area contributed by atoms with Crippen LogP contribution in [-0.4, -0.2) is 19.9 Å². The molecular weight excluding hydrogens is 380 g/mol. The Morgan fingerprint density at radius 3 is 2.39 bits per heavy atom. The molecule has 28 heavy (non-hydrogen) atoms. The second kappa shape index (κ2) is 7.45. The molecule has 4 rings (SSSR count). The van der Waals surface area contributed by atoms with Gasteiger partial charge in [0.25, 0.3) is 0 Å². The van der Waals surface area contributed by atoms with E-state index in [-0.39, 0.29) is 17.3 Å². The van der Waals surface area contributed by atoms with Crippen molar-refractivity contribution in [3.05, 3.63) is 82.3 Å². The molecule has 2 heterocycles. The molecule has 0 amide bonds. The van der Waals surface area contributed by atoms with Gasteiger partial charge in [-0.2, -0.15) is 0 Å². The largest absolute Gasteiger partial charge is 0.353 e. The fraction of sp³-hybridized carbons (Fsp3) is 0. The first-order valence-corrected chi connectivity index (χ1v) is 8.62. The average molecular weight is 393 g/mol. The molecule has 138 valence electrons. The van der Waals surface area contributed by atoms with E-state index in [4.69, 9.17) is 11.6 Å². The molecule has 2 N–H and O–H groups in total. The number of pyridine rings is 1. The number of rotatable bonds is 5. The topological polar surface area (TPSA) is 106 Å². The SMILES string of the molecule is O=[N+]([O-])c1c(Nc2ccc(Cl)cn2)ncnc1Nc1cccc2ccccc12. The molecule has 0 spiro atoms. The summed E-state index contributed by atoms with van der Waals surface area (Å²) in [5.41, 5.74) is 0.419. The second-order valence-corrected chi connectivity index (χ2v) is 6.25. The number of hydrogen-bond donors (Lipinski definition) is 2. The van der Waals surface area contributed by atoms with Gasteiger partial charge in [0.1, 0.15) is 12.1 Å². The Balaban J connectivity index is 1.74. The molecule has 4 aromatic rings. The first-order valence-electron chi connectivity index (χ1n) is 8.24. The van der Waals surface area contributed by atoms with Crippen LogP contribution in [0.4, 0.5) is 28.8 Å². The molecule has 0 aliphatic carbocycles. The molecule has 0 bridgehead atoms. The van der Waals surface area contributed by atoms with Gasteiger partial charge in [-0.1, -0.05) is 48.0 Å². The Bertz CT molecular complexity index is 1160. The summed E-state index contributed by atoms with van der Waals surface area (Å²) in [6.07, 6.45) is 2.69. The van der Waals surface area contributed by atoms with Gasteiger partial charge in [-0.3, -0.25) is 10.1 Å². The summed E-state index contributed by atoms with van der Waals surface area (Å²) in [5, 5.41) is 20.0. The van der Waals surface area contributed by atoms with Gasteiger partial charge in [-0.05, 0) is 23.6 Å². The van der Waals surface area contributed by atoms with Crippen molar-refractivity contribution in [3.8, 4) is 0 Å². The number of aromatic nitrogens is 3. The van der Waals surface area contributed by atoms with E-state index in [9.17, 15) is 10.1 Å². The number of nitrogens with one attached hydrogen (secondary N) is 2. The predicted molar refractivity (Wildman–Crippen MR) is 108 cm³/mol. The Hall–Kier alpha value is -3.78. The summed E-state index contributed by atoms with van der Waals surface area (Å²) in [6, 6.07) is 16.6. The minimum absolute atomic E-state index is 0.0255. The Labute approximate surface area is 164 Å². The summed E-state index contributed by atoms with van der Waals surface area (Å²) in [5.74, 6) is 0.479. The van der Waals surface area contributed by atoms with E-state index in [0.29, 0.717) is 16.5 Å². The van der Waals surface area contributed by atoms with E-state index < -0.39 is 4.92 Å². The van der Waals surface area contributed by atoms with Crippen molar-refractivity contribution in [1.82, 2.24) is 15.0 Å². The Morgan fingerprint density at radius 2 is 1.64 bits per heavy atom. The van der Waals surface area contributed by atoms with Crippen molar-refractivity contribution in [2.24, 2.45) is 0 Å². The minimum atomic E-state index is -0.536. The van der Waals surface area contributed by atoms with Crippen LogP contribution in [0.15, 0.2) is 67.1 Å². The van der Waals surface area contributed by atoms with Gasteiger partial charge >= 0.3 is 5.69 Å². The van der Waals surface area contributed by atoms with Gasteiger partial charge in [-0.25, -0.2) is 15.0 Å². The van der Waals surface area contributed by atoms with Crippen molar-refractivity contribution >= 4 is 51.2 Å². The zero-order chi connectivity index (χ0) is 19.5. The highest BCUT2D eigenvalue weighted by Gasteiger charge is 2.24. The maximum atomic E-state index is 11.7. The van der Waals surface area contributed by atoms with Crippen LogP contribution in [0.1, 0.15) is 0 Å². The fourth-order valence-electron chi connectivity index (χ4n) is 2.77. The van der Waals surface area contributed by atoms with Gasteiger partial charge in [-0.15, -0.1) is 0 Å². The monoisotopic (exact) mass is 392 g/mol. The Morgan fingerprint density at radius 1 is 0.893 bits per heavy atom. The van der Waals surface area contributed by atoms with Crippen LogP contribution in [0, 0.1) is 10.1 Å². The average Bonchev–Trinajstić information content (AvgIpc) is 2.70. The van der Waals surface area contributed by atoms with Gasteiger partial charge in [0.15, 0.2) is 0 Å². The quantitative estimate of drug-likeness (QED) is 0.360. The highest BCUT2D eigenvalue weighted by molar-refractivity contribution is 6.30. The fourth-order valence-corrected chi connectivity index (χ4v) is 2.88. The zero-order valence-corrected chi connectivity index (χ0v) is 15.1. The van der Waals surface area contributed by atoms with Gasteiger partial charge in [0, 0.05) is 17.3 Å². The smallest absolute Gasteiger partial charge is 0.334 e. The number of nitrogens with zero attached hydrogens (tertiary/aromatic N) is 4. The number of anilines is 4. The number of benzene rings is 2. The maximum absolute atomic E-state index is 11.7. The first kappa shape index (κ1) is 17.6. The second-order valence-electron chi connectivity index (χ2n) is 5.81. The lowest BCUT2D eigenvalue weighted by Crippen LogP contribution is -2.06. The van der Waals surface area contributed by atoms with E-state index in [1.807, 2.05) is 42.5 Å². The van der Waals surface area contributed by atoms with E-state index in [1.54, 1.807) is 12.1 Å². The predicted octanol–water partition coefficient (Wildman–Crippen LogP) is 5.07. The van der Waals surface area contributed by atoms with E-state index in [1.165, 1.54) is 12.5 Å². The molecule has 0 radical (unpaired) electrons. The maximum Gasteiger partial charge on any atom is 0.353 e. The molecule has 0 fully saturated rings. The number of fused-ring (bicyclic) bond motifs is 1. The van der Waals surface area contributed by atoms with Crippen molar-refractivity contribution in [3.63, 3.8) is 0 Å². The van der Waals surface area contributed by atoms with Gasteiger partial charge < -0.3 is 10.6 Å². The van der Waals surface area contributed by atoms with Crippen LogP contribution < -0.4 is 10.6 Å². The number of hydrogen-bond acceptors (Lipinski definition) is 7. The van der Waals surface area contributed by atoms with Crippen molar-refractivity contribution in [2.45, 2.75) is 0 Å². The highest BCUT2D eigenvalue weighted by atomic mass is 35.5. The molecule has 0 unspecified atom stereocenters. The molecule has 0 aliphatic heterocycles. The molecule has 9 heteroatoms. The van der Waals surface area contributed by atoms with Crippen LogP contribution in [0.5, 0.6) is 0 Å². The molecule has 0 atom stereocenters. The summed E-state index contributed by atoms with van der Waals surface area (Å²) < 4.78 is 0. The summed E-state index contributed by atoms with van der Waals surface area (Å²) >= 11 is 5.83. The van der Waals surface area contributed by atoms with E-state index in [2.05, 4.69) is 25.6 Å². The van der Waals surface area contributed by atoms with Crippen LogP contribution in [0.25, 0.3) is 10.8 Å². The van der Waals surface area contributed by atoms with Crippen molar-refractivity contribution in [1.29, 1.82) is 0 Å². The Kier molecular flexibility index (Phi) is 4.69. The summed E-state index contributed by atoms with van der Waals surface area (Å²) in [4.78, 5) is 23.4. The van der Waals surface area contributed by atoms with Gasteiger partial charge in [0.2, 0.25) is 11.6 Å².